The maximum Gasteiger partial charge on any atom is 0.0620 e. The minimum atomic E-state index is 1.26. The smallest absolute Gasteiger partial charge is 0.0620 e. The number of nitrogens with zero attached hydrogens (tertiary/aromatic N) is 1. The van der Waals surface area contributed by atoms with Crippen molar-refractivity contribution in [1.29, 1.82) is 0 Å². The Balaban J connectivity index is 0.00000118. The van der Waals surface area contributed by atoms with E-state index in [1.54, 1.807) is 0 Å². The Morgan fingerprint density at radius 3 is 2.16 bits per heavy atom. The van der Waals surface area contributed by atoms with E-state index in [9.17, 15) is 0 Å². The fraction of sp³-hybridized carbons (Fsp3) is 0.111. The molecule has 0 bridgehead atoms. The summed E-state index contributed by atoms with van der Waals surface area (Å²) in [7, 11) is 0. The molecule has 0 N–H and O–H groups in total. The van der Waals surface area contributed by atoms with Crippen LogP contribution in [-0.2, 0) is 0 Å². The van der Waals surface area contributed by atoms with Gasteiger partial charge in [-0.2, -0.15) is 0 Å². The number of rotatable bonds is 2. The third kappa shape index (κ3) is 3.10. The summed E-state index contributed by atoms with van der Waals surface area (Å²) in [5.74, 6) is 0. The van der Waals surface area contributed by atoms with Gasteiger partial charge in [0.25, 0.3) is 0 Å². The molecule has 0 aliphatic carbocycles. The van der Waals surface area contributed by atoms with E-state index in [0.717, 1.165) is 0 Å². The van der Waals surface area contributed by atoms with Crippen molar-refractivity contribution in [3.63, 3.8) is 0 Å². The number of para-hydroxylation sites is 2. The first-order chi connectivity index (χ1) is 18.7. The fourth-order valence-electron chi connectivity index (χ4n) is 6.13. The van der Waals surface area contributed by atoms with Gasteiger partial charge in [-0.05, 0) is 77.0 Å². The summed E-state index contributed by atoms with van der Waals surface area (Å²) in [5.41, 5.74) is 7.80. The molecule has 0 amide bonds. The Morgan fingerprint density at radius 1 is 0.632 bits per heavy atom. The second kappa shape index (κ2) is 8.72. The molecule has 0 saturated heterocycles. The van der Waals surface area contributed by atoms with Gasteiger partial charge < -0.3 is 4.40 Å². The lowest BCUT2D eigenvalue weighted by atomic mass is 9.98. The summed E-state index contributed by atoms with van der Waals surface area (Å²) in [6, 6.07) is 34.0. The van der Waals surface area contributed by atoms with Crippen LogP contribution in [0.1, 0.15) is 31.2 Å². The van der Waals surface area contributed by atoms with Crippen molar-refractivity contribution in [1.82, 2.24) is 4.40 Å². The van der Waals surface area contributed by atoms with Crippen molar-refractivity contribution >= 4 is 76.4 Å². The van der Waals surface area contributed by atoms with Crippen LogP contribution in [0.2, 0.25) is 0 Å². The van der Waals surface area contributed by atoms with Gasteiger partial charge in [-0.3, -0.25) is 0 Å². The highest BCUT2D eigenvalue weighted by Gasteiger charge is 2.17. The van der Waals surface area contributed by atoms with Crippen molar-refractivity contribution in [3.8, 4) is 11.1 Å². The maximum atomic E-state index is 2.44. The summed E-state index contributed by atoms with van der Waals surface area (Å²) in [4.78, 5) is 1.35. The van der Waals surface area contributed by atoms with E-state index >= 15 is 0 Å². The zero-order chi connectivity index (χ0) is 26.0. The average Bonchev–Trinajstić information content (AvgIpc) is 3.60. The molecule has 2 heteroatoms. The SMILES string of the molecule is C/C=C\c1sc2c(ccc3cc(-c4ccc5c(c4)c4cccc6c7ccccc7n5c64)ccc32)c1C.CC. The molecule has 0 atom stereocenters. The third-order valence-corrected chi connectivity index (χ3v) is 9.14. The molecule has 1 nitrogen and oxygen atoms in total. The highest BCUT2D eigenvalue weighted by atomic mass is 32.1. The predicted molar refractivity (Wildman–Crippen MR) is 170 cm³/mol. The molecule has 0 radical (unpaired) electrons. The third-order valence-electron chi connectivity index (χ3n) is 7.83. The summed E-state index contributed by atoms with van der Waals surface area (Å²) in [6.45, 7) is 8.32. The van der Waals surface area contributed by atoms with Crippen LogP contribution in [0.3, 0.4) is 0 Å². The Bertz CT molecular complexity index is 2170. The lowest BCUT2D eigenvalue weighted by Gasteiger charge is -2.07. The lowest BCUT2D eigenvalue weighted by Crippen LogP contribution is -1.83. The van der Waals surface area contributed by atoms with E-state index in [1.807, 2.05) is 25.2 Å². The van der Waals surface area contributed by atoms with Gasteiger partial charge in [0.05, 0.1) is 16.6 Å². The van der Waals surface area contributed by atoms with Gasteiger partial charge in [-0.1, -0.05) is 86.7 Å². The highest BCUT2D eigenvalue weighted by Crippen LogP contribution is 2.41. The quantitative estimate of drug-likeness (QED) is 0.219. The zero-order valence-electron chi connectivity index (χ0n) is 22.2. The van der Waals surface area contributed by atoms with Crippen LogP contribution in [0.25, 0.3) is 76.2 Å². The van der Waals surface area contributed by atoms with Gasteiger partial charge in [0.15, 0.2) is 0 Å². The Labute approximate surface area is 226 Å². The van der Waals surface area contributed by atoms with Crippen LogP contribution in [-0.4, -0.2) is 4.40 Å². The molecule has 184 valence electrons. The minimum absolute atomic E-state index is 1.26. The van der Waals surface area contributed by atoms with Crippen molar-refractivity contribution in [2.24, 2.45) is 0 Å². The summed E-state index contributed by atoms with van der Waals surface area (Å²) in [5, 5.41) is 9.31. The molecule has 38 heavy (non-hydrogen) atoms. The molecular formula is C36H29NS. The number of aryl methyl sites for hydroxylation is 1. The van der Waals surface area contributed by atoms with Crippen LogP contribution in [0, 0.1) is 6.92 Å². The molecule has 8 rings (SSSR count). The number of thiophene rings is 1. The second-order valence-electron chi connectivity index (χ2n) is 9.76. The van der Waals surface area contributed by atoms with E-state index < -0.39 is 0 Å². The molecule has 0 unspecified atom stereocenters. The molecular weight excluding hydrogens is 478 g/mol. The fourth-order valence-corrected chi connectivity index (χ4v) is 7.44. The molecule has 0 spiro atoms. The molecule has 5 aromatic carbocycles. The van der Waals surface area contributed by atoms with Crippen LogP contribution in [0.4, 0.5) is 0 Å². The molecule has 0 fully saturated rings. The number of fused-ring (bicyclic) bond motifs is 9. The summed E-state index contributed by atoms with van der Waals surface area (Å²) in [6.07, 6.45) is 4.36. The van der Waals surface area contributed by atoms with E-state index in [4.69, 9.17) is 0 Å². The van der Waals surface area contributed by atoms with Gasteiger partial charge in [0.1, 0.15) is 0 Å². The largest absolute Gasteiger partial charge is 0.308 e. The number of benzene rings is 5. The van der Waals surface area contributed by atoms with Crippen LogP contribution in [0.5, 0.6) is 0 Å². The zero-order valence-corrected chi connectivity index (χ0v) is 23.0. The first kappa shape index (κ1) is 23.0. The molecule has 0 saturated carbocycles. The predicted octanol–water partition coefficient (Wildman–Crippen LogP) is 11.2. The van der Waals surface area contributed by atoms with Crippen LogP contribution < -0.4 is 0 Å². The van der Waals surface area contributed by atoms with E-state index in [-0.39, 0.29) is 0 Å². The first-order valence-corrected chi connectivity index (χ1v) is 14.3. The van der Waals surface area contributed by atoms with E-state index in [0.29, 0.717) is 0 Å². The Morgan fingerprint density at radius 2 is 1.32 bits per heavy atom. The molecule has 3 aromatic heterocycles. The van der Waals surface area contributed by atoms with Gasteiger partial charge >= 0.3 is 0 Å². The Kier molecular flexibility index (Phi) is 5.28. The maximum absolute atomic E-state index is 2.44. The van der Waals surface area contributed by atoms with Gasteiger partial charge in [0.2, 0.25) is 0 Å². The average molecular weight is 508 g/mol. The number of allylic oxidation sites excluding steroid dienone is 1. The minimum Gasteiger partial charge on any atom is -0.308 e. The number of hydrogen-bond donors (Lipinski definition) is 0. The van der Waals surface area contributed by atoms with E-state index in [2.05, 4.69) is 121 Å². The van der Waals surface area contributed by atoms with Gasteiger partial charge in [-0.15, -0.1) is 11.3 Å². The second-order valence-corrected chi connectivity index (χ2v) is 10.8. The molecule has 3 heterocycles. The topological polar surface area (TPSA) is 4.41 Å². The van der Waals surface area contributed by atoms with Crippen molar-refractivity contribution in [3.05, 3.63) is 108 Å². The van der Waals surface area contributed by atoms with Gasteiger partial charge in [-0.25, -0.2) is 0 Å². The number of hydrogen-bond acceptors (Lipinski definition) is 1. The molecule has 8 aromatic rings. The van der Waals surface area contributed by atoms with Crippen molar-refractivity contribution < 1.29 is 0 Å². The molecule has 0 aliphatic rings. The van der Waals surface area contributed by atoms with Crippen molar-refractivity contribution in [2.45, 2.75) is 27.7 Å². The van der Waals surface area contributed by atoms with Crippen molar-refractivity contribution in [2.75, 3.05) is 0 Å². The summed E-state index contributed by atoms with van der Waals surface area (Å²) >= 11 is 1.90. The monoisotopic (exact) mass is 507 g/mol. The highest BCUT2D eigenvalue weighted by molar-refractivity contribution is 7.21. The van der Waals surface area contributed by atoms with Gasteiger partial charge in [0, 0.05) is 31.1 Å². The standard InChI is InChI=1S/C34H23NS.C2H6/c1-3-7-32-20(2)24-15-13-23-18-21(12-16-25(23)34(24)36-32)22-14-17-31-29(19-22)28-10-6-9-27-26-8-4-5-11-30(26)35(31)33(27)28;1-2/h3-19H,1-2H3;1-2H3/b7-3-;. The summed E-state index contributed by atoms with van der Waals surface area (Å²) < 4.78 is 3.83. The van der Waals surface area contributed by atoms with E-state index in [1.165, 1.54) is 80.5 Å². The van der Waals surface area contributed by atoms with Crippen LogP contribution in [0.15, 0.2) is 97.1 Å². The normalized spacial score (nSPS) is 12.1. The molecule has 0 aliphatic heterocycles. The first-order valence-electron chi connectivity index (χ1n) is 13.5. The Hall–Kier alpha value is -4.14. The van der Waals surface area contributed by atoms with Crippen LogP contribution >= 0.6 is 11.3 Å². The lowest BCUT2D eigenvalue weighted by molar-refractivity contribution is 1.37. The number of aromatic nitrogens is 1.